The molecule has 0 unspecified atom stereocenters. The summed E-state index contributed by atoms with van der Waals surface area (Å²) in [4.78, 5) is 0. The molecule has 0 nitrogen and oxygen atoms in total. The van der Waals surface area contributed by atoms with Gasteiger partial charge in [0.2, 0.25) is 0 Å². The highest BCUT2D eigenvalue weighted by Gasteiger charge is 2.35. The average molecular weight is 743 g/mol. The summed E-state index contributed by atoms with van der Waals surface area (Å²) in [6.45, 7) is 17.2. The summed E-state index contributed by atoms with van der Waals surface area (Å²) in [5.41, 5.74) is 18.6. The molecule has 4 aliphatic rings. The molecule has 0 atom stereocenters. The number of aryl methyl sites for hydroxylation is 2. The molecule has 1 fully saturated rings. The molecule has 0 aliphatic heterocycles. The molecule has 57 heavy (non-hydrogen) atoms. The first-order valence-corrected chi connectivity index (χ1v) is 20.9. The smallest absolute Gasteiger partial charge is 0.00641 e. The lowest BCUT2D eigenvalue weighted by atomic mass is 9.77. The van der Waals surface area contributed by atoms with Crippen molar-refractivity contribution in [3.63, 3.8) is 0 Å². The van der Waals surface area contributed by atoms with Crippen molar-refractivity contribution in [3.05, 3.63) is 226 Å². The molecule has 0 aromatic heterocycles. The van der Waals surface area contributed by atoms with E-state index in [4.69, 9.17) is 0 Å². The van der Waals surface area contributed by atoms with Gasteiger partial charge in [0.05, 0.1) is 0 Å². The molecular formula is C57H58. The maximum absolute atomic E-state index is 3.81. The first kappa shape index (κ1) is 39.5. The third-order valence-electron chi connectivity index (χ3n) is 11.9. The van der Waals surface area contributed by atoms with Crippen molar-refractivity contribution in [1.29, 1.82) is 0 Å². The molecule has 0 heterocycles. The minimum Gasteiger partial charge on any atom is -0.0988 e. The van der Waals surface area contributed by atoms with Crippen LogP contribution in [-0.2, 0) is 11.8 Å². The van der Waals surface area contributed by atoms with Crippen molar-refractivity contribution >= 4 is 21.5 Å². The maximum Gasteiger partial charge on any atom is -0.00641 e. The predicted molar refractivity (Wildman–Crippen MR) is 250 cm³/mol. The zero-order valence-corrected chi connectivity index (χ0v) is 35.0. The van der Waals surface area contributed by atoms with Crippen molar-refractivity contribution in [1.82, 2.24) is 0 Å². The van der Waals surface area contributed by atoms with Crippen LogP contribution >= 0.6 is 0 Å². The van der Waals surface area contributed by atoms with Gasteiger partial charge in [0, 0.05) is 0 Å². The molecule has 0 radical (unpaired) electrons. The summed E-state index contributed by atoms with van der Waals surface area (Å²) in [6, 6.07) is 35.2. The molecule has 5 aromatic carbocycles. The van der Waals surface area contributed by atoms with E-state index in [1.54, 1.807) is 5.57 Å². The van der Waals surface area contributed by atoms with Crippen LogP contribution in [0, 0.1) is 13.8 Å². The number of rotatable bonds is 4. The molecule has 0 spiro atoms. The largest absolute Gasteiger partial charge is 0.0988 e. The zero-order valence-electron chi connectivity index (χ0n) is 35.0. The van der Waals surface area contributed by atoms with Gasteiger partial charge in [-0.15, -0.1) is 0 Å². The molecule has 0 amide bonds. The Hall–Kier alpha value is -5.72. The van der Waals surface area contributed by atoms with Crippen LogP contribution in [0.3, 0.4) is 0 Å². The molecule has 286 valence electrons. The van der Waals surface area contributed by atoms with E-state index in [0.717, 1.165) is 12.8 Å². The number of benzene rings is 5. The van der Waals surface area contributed by atoms with Gasteiger partial charge in [0.25, 0.3) is 0 Å². The summed E-state index contributed by atoms with van der Waals surface area (Å²) >= 11 is 0. The van der Waals surface area contributed by atoms with Crippen molar-refractivity contribution in [2.24, 2.45) is 0 Å². The van der Waals surface area contributed by atoms with Gasteiger partial charge in [-0.1, -0.05) is 189 Å². The molecule has 0 saturated heterocycles. The first-order valence-electron chi connectivity index (χ1n) is 20.9. The molecular weight excluding hydrogens is 685 g/mol. The fourth-order valence-corrected chi connectivity index (χ4v) is 8.50. The van der Waals surface area contributed by atoms with Gasteiger partial charge in [-0.25, -0.2) is 0 Å². The lowest BCUT2D eigenvalue weighted by Crippen LogP contribution is -2.18. The highest BCUT2D eigenvalue weighted by atomic mass is 14.4. The third-order valence-corrected chi connectivity index (χ3v) is 11.9. The van der Waals surface area contributed by atoms with Gasteiger partial charge in [0.15, 0.2) is 0 Å². The fourth-order valence-electron chi connectivity index (χ4n) is 8.50. The highest BCUT2D eigenvalue weighted by Crippen LogP contribution is 2.53. The molecule has 0 bridgehead atoms. The second kappa shape index (κ2) is 17.6. The van der Waals surface area contributed by atoms with Crippen LogP contribution < -0.4 is 0 Å². The van der Waals surface area contributed by atoms with Gasteiger partial charge in [-0.3, -0.25) is 0 Å². The minimum atomic E-state index is 0.165. The lowest BCUT2D eigenvalue weighted by molar-refractivity contribution is 0.530. The van der Waals surface area contributed by atoms with Crippen LogP contribution in [0.15, 0.2) is 203 Å². The van der Waals surface area contributed by atoms with Gasteiger partial charge in [-0.2, -0.15) is 0 Å². The summed E-state index contributed by atoms with van der Waals surface area (Å²) in [5, 5.41) is 5.39. The van der Waals surface area contributed by atoms with Crippen molar-refractivity contribution in [2.75, 3.05) is 0 Å². The fraction of sp³-hybridized carbons (Fsp3) is 0.228. The molecule has 0 N–H and O–H groups in total. The summed E-state index contributed by atoms with van der Waals surface area (Å²) in [5.74, 6) is 0. The van der Waals surface area contributed by atoms with E-state index in [0.29, 0.717) is 0 Å². The minimum absolute atomic E-state index is 0.165. The molecule has 5 aromatic rings. The van der Waals surface area contributed by atoms with Gasteiger partial charge >= 0.3 is 0 Å². The summed E-state index contributed by atoms with van der Waals surface area (Å²) < 4.78 is 0. The lowest BCUT2D eigenvalue weighted by Gasteiger charge is -2.27. The maximum atomic E-state index is 3.81. The zero-order chi connectivity index (χ0) is 39.9. The molecule has 0 heteroatoms. The van der Waals surface area contributed by atoms with E-state index < -0.39 is 0 Å². The second-order valence-corrected chi connectivity index (χ2v) is 16.6. The van der Waals surface area contributed by atoms with Crippen molar-refractivity contribution in [3.8, 4) is 11.1 Å². The Labute approximate surface area is 342 Å². The summed E-state index contributed by atoms with van der Waals surface area (Å²) in [6.07, 6.45) is 29.3. The standard InChI is InChI=1S/C22H24.C20H22.C15H12/c1-17-9-11-18(12-10-17)20-14-13-19-8-6-4-5-7-15-22(2,3)21(19)16-20;1-4-14(2)12-13-19-18-11-7-10-17(20(18)19)16-9-6-5-8-15(16)3;1-11-10-12-6-2-3-8-14(12)15-9-5-4-7-13(11)15/h4-7,9-14,16H,8,15H2,1-3H3;4,8-9,11-13H,1,5-7,10H2,2-3H3;2-10H,1H3/b6-4-,7-5-;14-12-,19-13+;. The molecule has 9 rings (SSSR count). The third kappa shape index (κ3) is 9.13. The van der Waals surface area contributed by atoms with Gasteiger partial charge in [-0.05, 0) is 154 Å². The van der Waals surface area contributed by atoms with E-state index >= 15 is 0 Å². The monoisotopic (exact) mass is 742 g/mol. The number of hydrogen-bond acceptors (Lipinski definition) is 0. The van der Waals surface area contributed by atoms with Gasteiger partial charge in [0.1, 0.15) is 0 Å². The van der Waals surface area contributed by atoms with E-state index in [2.05, 4.69) is 200 Å². The second-order valence-electron chi connectivity index (χ2n) is 16.6. The Bertz CT molecular complexity index is 2560. The number of hydrogen-bond donors (Lipinski definition) is 0. The van der Waals surface area contributed by atoms with E-state index in [9.17, 15) is 0 Å². The number of allylic oxidation sites excluding steroid dienone is 17. The predicted octanol–water partition coefficient (Wildman–Crippen LogP) is 16.0. The average Bonchev–Trinajstić information content (AvgIpc) is 3.94. The van der Waals surface area contributed by atoms with Crippen LogP contribution in [0.25, 0.3) is 32.7 Å². The van der Waals surface area contributed by atoms with E-state index in [1.165, 1.54) is 114 Å². The Balaban J connectivity index is 0.000000133. The van der Waals surface area contributed by atoms with Crippen LogP contribution in [0.2, 0.25) is 0 Å². The van der Waals surface area contributed by atoms with Crippen molar-refractivity contribution < 1.29 is 0 Å². The van der Waals surface area contributed by atoms with Crippen LogP contribution in [0.4, 0.5) is 0 Å². The van der Waals surface area contributed by atoms with E-state index in [-0.39, 0.29) is 5.41 Å². The first-order chi connectivity index (χ1) is 27.6. The summed E-state index contributed by atoms with van der Waals surface area (Å²) in [7, 11) is 0. The Kier molecular flexibility index (Phi) is 12.2. The quantitative estimate of drug-likeness (QED) is 0.127. The van der Waals surface area contributed by atoms with Crippen LogP contribution in [0.1, 0.15) is 82.1 Å². The molecule has 4 aliphatic carbocycles. The number of fused-ring (bicyclic) bond motifs is 5. The highest BCUT2D eigenvalue weighted by molar-refractivity contribution is 6.08. The van der Waals surface area contributed by atoms with E-state index in [1.807, 2.05) is 6.08 Å². The topological polar surface area (TPSA) is 0 Å². The Morgan fingerprint density at radius 2 is 1.37 bits per heavy atom. The normalized spacial score (nSPS) is 18.8. The Morgan fingerprint density at radius 3 is 2.14 bits per heavy atom. The van der Waals surface area contributed by atoms with Crippen LogP contribution in [-0.4, -0.2) is 0 Å². The van der Waals surface area contributed by atoms with Gasteiger partial charge < -0.3 is 0 Å². The van der Waals surface area contributed by atoms with Crippen molar-refractivity contribution in [2.45, 2.75) is 85.5 Å². The SMILES string of the molecule is C=C/C(C)=C\C=C1/C2=CCCC(C3=CCCC=C3C)=C21.Cc1cc2ccccc2c2ccccc12.Cc1ccc(-c2ccc3c(c2)C(C)(C)C/C=C\C=C/C3)cc1. The Morgan fingerprint density at radius 1 is 0.684 bits per heavy atom. The van der Waals surface area contributed by atoms with Crippen LogP contribution in [0.5, 0.6) is 0 Å². The molecule has 1 saturated carbocycles.